The number of carbonyl (C=O) groups is 1. The summed E-state index contributed by atoms with van der Waals surface area (Å²) in [4.78, 5) is 16.1. The Balaban J connectivity index is 2.13. The summed E-state index contributed by atoms with van der Waals surface area (Å²) in [5.41, 5.74) is 3.00. The van der Waals surface area contributed by atoms with E-state index in [0.717, 1.165) is 47.8 Å². The molecule has 0 heterocycles. The minimum atomic E-state index is 0.0230. The molecule has 0 spiro atoms. The molecule has 2 aromatic rings. The summed E-state index contributed by atoms with van der Waals surface area (Å²) < 4.78 is 10.7. The van der Waals surface area contributed by atoms with Crippen LogP contribution in [0.3, 0.4) is 0 Å². The van der Waals surface area contributed by atoms with Crippen molar-refractivity contribution in [2.75, 3.05) is 34.9 Å². The third kappa shape index (κ3) is 4.99. The van der Waals surface area contributed by atoms with Gasteiger partial charge in [0.2, 0.25) is 0 Å². The van der Waals surface area contributed by atoms with Gasteiger partial charge in [-0.05, 0) is 41.9 Å². The molecule has 0 unspecified atom stereocenters. The van der Waals surface area contributed by atoms with Crippen molar-refractivity contribution in [3.8, 4) is 11.5 Å². The second-order valence-electron chi connectivity index (χ2n) is 6.39. The molecule has 0 atom stereocenters. The van der Waals surface area contributed by atoms with Crippen molar-refractivity contribution in [2.45, 2.75) is 20.0 Å². The van der Waals surface area contributed by atoms with Crippen molar-refractivity contribution >= 4 is 5.91 Å². The predicted octanol–water partition coefficient (Wildman–Crippen LogP) is 3.43. The van der Waals surface area contributed by atoms with E-state index in [1.807, 2.05) is 30.3 Å². The topological polar surface area (TPSA) is 42.0 Å². The molecule has 2 aromatic carbocycles. The molecule has 0 saturated heterocycles. The number of nitrogens with zero attached hydrogens (tertiary/aromatic N) is 2. The second kappa shape index (κ2) is 9.25. The molecule has 0 aliphatic rings. The van der Waals surface area contributed by atoms with Gasteiger partial charge in [0.1, 0.15) is 0 Å². The first-order valence-corrected chi connectivity index (χ1v) is 8.72. The third-order valence-corrected chi connectivity index (χ3v) is 4.29. The highest BCUT2D eigenvalue weighted by atomic mass is 16.5. The van der Waals surface area contributed by atoms with Gasteiger partial charge < -0.3 is 14.4 Å². The molecule has 5 heteroatoms. The molecule has 0 radical (unpaired) electrons. The smallest absolute Gasteiger partial charge is 0.253 e. The Morgan fingerprint density at radius 3 is 2.15 bits per heavy atom. The van der Waals surface area contributed by atoms with Crippen LogP contribution in [-0.2, 0) is 13.1 Å². The first kappa shape index (κ1) is 19.8. The zero-order valence-electron chi connectivity index (χ0n) is 16.3. The summed E-state index contributed by atoms with van der Waals surface area (Å²) in [6, 6.07) is 13.8. The van der Waals surface area contributed by atoms with Crippen LogP contribution in [0.4, 0.5) is 0 Å². The highest BCUT2D eigenvalue weighted by molar-refractivity contribution is 5.94. The van der Waals surface area contributed by atoms with E-state index in [4.69, 9.17) is 9.47 Å². The Hall–Kier alpha value is -2.53. The van der Waals surface area contributed by atoms with Crippen LogP contribution in [0.2, 0.25) is 0 Å². The SMILES string of the molecule is CCN(Cc1cccc(C(=O)N(C)C)c1)Cc1ccc(OC)c(OC)c1. The van der Waals surface area contributed by atoms with Crippen LogP contribution in [-0.4, -0.2) is 50.6 Å². The van der Waals surface area contributed by atoms with E-state index in [1.54, 1.807) is 33.2 Å². The molecule has 1 amide bonds. The summed E-state index contributed by atoms with van der Waals surface area (Å²) in [6.07, 6.45) is 0. The number of amides is 1. The molecule has 2 rings (SSSR count). The molecular formula is C21H28N2O3. The summed E-state index contributed by atoms with van der Waals surface area (Å²) in [7, 11) is 6.82. The first-order chi connectivity index (χ1) is 12.5. The standard InChI is InChI=1S/C21H28N2O3/c1-6-23(15-17-10-11-19(25-4)20(13-17)26-5)14-16-8-7-9-18(12-16)21(24)22(2)3/h7-13H,6,14-15H2,1-5H3. The number of hydrogen-bond donors (Lipinski definition) is 0. The average Bonchev–Trinajstić information content (AvgIpc) is 2.66. The van der Waals surface area contributed by atoms with Gasteiger partial charge in [-0.15, -0.1) is 0 Å². The van der Waals surface area contributed by atoms with Crippen molar-refractivity contribution in [1.82, 2.24) is 9.80 Å². The van der Waals surface area contributed by atoms with Gasteiger partial charge in [0.05, 0.1) is 14.2 Å². The fourth-order valence-electron chi connectivity index (χ4n) is 2.84. The Kier molecular flexibility index (Phi) is 7.04. The second-order valence-corrected chi connectivity index (χ2v) is 6.39. The highest BCUT2D eigenvalue weighted by Crippen LogP contribution is 2.28. The fourth-order valence-corrected chi connectivity index (χ4v) is 2.84. The van der Waals surface area contributed by atoms with Crippen LogP contribution in [0.25, 0.3) is 0 Å². The Morgan fingerprint density at radius 2 is 1.58 bits per heavy atom. The maximum absolute atomic E-state index is 12.2. The molecule has 0 aromatic heterocycles. The molecule has 26 heavy (non-hydrogen) atoms. The van der Waals surface area contributed by atoms with Gasteiger partial charge in [0, 0.05) is 32.7 Å². The van der Waals surface area contributed by atoms with Crippen LogP contribution in [0, 0.1) is 0 Å². The van der Waals surface area contributed by atoms with Gasteiger partial charge in [-0.25, -0.2) is 0 Å². The van der Waals surface area contributed by atoms with Crippen LogP contribution >= 0.6 is 0 Å². The quantitative estimate of drug-likeness (QED) is 0.727. The number of benzene rings is 2. The van der Waals surface area contributed by atoms with Gasteiger partial charge in [0.25, 0.3) is 5.91 Å². The van der Waals surface area contributed by atoms with Crippen LogP contribution in [0.1, 0.15) is 28.4 Å². The van der Waals surface area contributed by atoms with E-state index >= 15 is 0 Å². The lowest BCUT2D eigenvalue weighted by Crippen LogP contribution is -2.24. The van der Waals surface area contributed by atoms with Gasteiger partial charge in [-0.1, -0.05) is 25.1 Å². The lowest BCUT2D eigenvalue weighted by molar-refractivity contribution is 0.0827. The number of hydrogen-bond acceptors (Lipinski definition) is 4. The van der Waals surface area contributed by atoms with Crippen molar-refractivity contribution in [2.24, 2.45) is 0 Å². The predicted molar refractivity (Wildman–Crippen MR) is 104 cm³/mol. The average molecular weight is 356 g/mol. The molecule has 5 nitrogen and oxygen atoms in total. The zero-order valence-corrected chi connectivity index (χ0v) is 16.3. The van der Waals surface area contributed by atoms with E-state index in [1.165, 1.54) is 0 Å². The largest absolute Gasteiger partial charge is 0.493 e. The van der Waals surface area contributed by atoms with Crippen molar-refractivity contribution in [3.05, 3.63) is 59.2 Å². The molecule has 0 fully saturated rings. The lowest BCUT2D eigenvalue weighted by atomic mass is 10.1. The van der Waals surface area contributed by atoms with Crippen molar-refractivity contribution in [1.29, 1.82) is 0 Å². The van der Waals surface area contributed by atoms with E-state index < -0.39 is 0 Å². The number of rotatable bonds is 8. The molecule has 0 saturated carbocycles. The maximum atomic E-state index is 12.2. The monoisotopic (exact) mass is 356 g/mol. The van der Waals surface area contributed by atoms with Gasteiger partial charge >= 0.3 is 0 Å². The van der Waals surface area contributed by atoms with Crippen LogP contribution in [0.15, 0.2) is 42.5 Å². The summed E-state index contributed by atoms with van der Waals surface area (Å²) >= 11 is 0. The first-order valence-electron chi connectivity index (χ1n) is 8.72. The van der Waals surface area contributed by atoms with Gasteiger partial charge in [-0.3, -0.25) is 9.69 Å². The number of carbonyl (C=O) groups excluding carboxylic acids is 1. The van der Waals surface area contributed by atoms with E-state index in [9.17, 15) is 4.79 Å². The highest BCUT2D eigenvalue weighted by Gasteiger charge is 2.11. The maximum Gasteiger partial charge on any atom is 0.253 e. The molecular weight excluding hydrogens is 328 g/mol. The summed E-state index contributed by atoms with van der Waals surface area (Å²) in [6.45, 7) is 4.61. The Bertz CT molecular complexity index is 744. The summed E-state index contributed by atoms with van der Waals surface area (Å²) in [5, 5.41) is 0. The Labute approximate surface area is 156 Å². The summed E-state index contributed by atoms with van der Waals surface area (Å²) in [5.74, 6) is 1.49. The normalized spacial score (nSPS) is 10.7. The number of ether oxygens (including phenoxy) is 2. The van der Waals surface area contributed by atoms with Gasteiger partial charge in [0.15, 0.2) is 11.5 Å². The minimum Gasteiger partial charge on any atom is -0.493 e. The Morgan fingerprint density at radius 1 is 0.923 bits per heavy atom. The van der Waals surface area contributed by atoms with Crippen molar-refractivity contribution in [3.63, 3.8) is 0 Å². The molecule has 0 aliphatic heterocycles. The van der Waals surface area contributed by atoms with E-state index in [0.29, 0.717) is 0 Å². The number of methoxy groups -OCH3 is 2. The third-order valence-electron chi connectivity index (χ3n) is 4.29. The van der Waals surface area contributed by atoms with Crippen LogP contribution < -0.4 is 9.47 Å². The van der Waals surface area contributed by atoms with E-state index in [2.05, 4.69) is 24.0 Å². The zero-order chi connectivity index (χ0) is 19.1. The molecule has 0 N–H and O–H groups in total. The fraction of sp³-hybridized carbons (Fsp3) is 0.381. The molecule has 140 valence electrons. The van der Waals surface area contributed by atoms with Crippen molar-refractivity contribution < 1.29 is 14.3 Å². The molecule has 0 aliphatic carbocycles. The van der Waals surface area contributed by atoms with Gasteiger partial charge in [-0.2, -0.15) is 0 Å². The minimum absolute atomic E-state index is 0.0230. The van der Waals surface area contributed by atoms with E-state index in [-0.39, 0.29) is 5.91 Å². The lowest BCUT2D eigenvalue weighted by Gasteiger charge is -2.22. The van der Waals surface area contributed by atoms with Crippen LogP contribution in [0.5, 0.6) is 11.5 Å². The molecule has 0 bridgehead atoms.